The Balaban J connectivity index is 2.16. The monoisotopic (exact) mass is 344 g/mol. The number of aromatic carboxylic acids is 1. The molecule has 3 rings (SSSR count). The van der Waals surface area contributed by atoms with Gasteiger partial charge in [0.15, 0.2) is 11.8 Å². The van der Waals surface area contributed by atoms with E-state index in [2.05, 4.69) is 10.1 Å². The van der Waals surface area contributed by atoms with Gasteiger partial charge < -0.3 is 14.7 Å². The fourth-order valence-electron chi connectivity index (χ4n) is 2.93. The van der Waals surface area contributed by atoms with Crippen LogP contribution < -0.4 is 4.90 Å². The van der Waals surface area contributed by atoms with Crippen molar-refractivity contribution >= 4 is 22.7 Å². The van der Waals surface area contributed by atoms with E-state index in [4.69, 9.17) is 4.74 Å². The van der Waals surface area contributed by atoms with Crippen molar-refractivity contribution in [2.45, 2.75) is 19.2 Å². The minimum Gasteiger partial charge on any atom is -0.478 e. The van der Waals surface area contributed by atoms with Gasteiger partial charge in [0, 0.05) is 19.8 Å². The molecule has 1 aliphatic rings. The first-order valence-electron chi connectivity index (χ1n) is 7.19. The SMILES string of the molecule is Cc1nn(C)c2ncc(C(=O)O)c(N3CCO[C@@H](C(F)(F)F)C3)c12. The van der Waals surface area contributed by atoms with Gasteiger partial charge in [-0.1, -0.05) is 0 Å². The number of morpholine rings is 1. The smallest absolute Gasteiger partial charge is 0.416 e. The first kappa shape index (κ1) is 16.5. The summed E-state index contributed by atoms with van der Waals surface area (Å²) in [6.07, 6.45) is -5.33. The Morgan fingerprint density at radius 3 is 2.79 bits per heavy atom. The van der Waals surface area contributed by atoms with Crippen molar-refractivity contribution < 1.29 is 27.8 Å². The van der Waals surface area contributed by atoms with Gasteiger partial charge in [-0.05, 0) is 6.92 Å². The van der Waals surface area contributed by atoms with Gasteiger partial charge in [-0.3, -0.25) is 4.68 Å². The number of hydrogen-bond acceptors (Lipinski definition) is 5. The fraction of sp³-hybridized carbons (Fsp3) is 0.500. The second-order valence-corrected chi connectivity index (χ2v) is 5.58. The Morgan fingerprint density at radius 2 is 2.17 bits per heavy atom. The van der Waals surface area contributed by atoms with Gasteiger partial charge in [-0.15, -0.1) is 0 Å². The van der Waals surface area contributed by atoms with Crippen LogP contribution in [-0.2, 0) is 11.8 Å². The molecule has 0 aromatic carbocycles. The third kappa shape index (κ3) is 2.66. The number of ether oxygens (including phenoxy) is 1. The van der Waals surface area contributed by atoms with Gasteiger partial charge in [-0.2, -0.15) is 18.3 Å². The Labute approximate surface area is 134 Å². The molecular formula is C14H15F3N4O3. The van der Waals surface area contributed by atoms with E-state index in [0.717, 1.165) is 6.20 Å². The standard InChI is InChI=1S/C14H15F3N4O3/c1-7-10-11(21-3-4-24-9(6-21)14(15,16)17)8(13(22)23)5-18-12(10)20(2)19-7/h5,9H,3-4,6H2,1-2H3,(H,22,23)/t9-/m1/s1. The molecule has 2 aromatic heterocycles. The number of anilines is 1. The number of hydrogen-bond donors (Lipinski definition) is 1. The highest BCUT2D eigenvalue weighted by molar-refractivity contribution is 6.04. The quantitative estimate of drug-likeness (QED) is 0.894. The molecule has 0 radical (unpaired) electrons. The van der Waals surface area contributed by atoms with Crippen molar-refractivity contribution in [3.05, 3.63) is 17.5 Å². The second-order valence-electron chi connectivity index (χ2n) is 5.58. The van der Waals surface area contributed by atoms with Gasteiger partial charge >= 0.3 is 12.1 Å². The third-order valence-corrected chi connectivity index (χ3v) is 3.98. The summed E-state index contributed by atoms with van der Waals surface area (Å²) in [4.78, 5) is 17.0. The second kappa shape index (κ2) is 5.62. The lowest BCUT2D eigenvalue weighted by Crippen LogP contribution is -2.49. The van der Waals surface area contributed by atoms with Crippen LogP contribution in [-0.4, -0.2) is 57.8 Å². The molecule has 24 heavy (non-hydrogen) atoms. The maximum absolute atomic E-state index is 13.0. The molecule has 0 aliphatic carbocycles. The Kier molecular flexibility index (Phi) is 3.86. The number of rotatable bonds is 2. The average Bonchev–Trinajstić information content (AvgIpc) is 2.80. The van der Waals surface area contributed by atoms with Crippen molar-refractivity contribution in [2.24, 2.45) is 7.05 Å². The first-order chi connectivity index (χ1) is 11.2. The first-order valence-corrected chi connectivity index (χ1v) is 7.19. The molecule has 1 fully saturated rings. The zero-order chi connectivity index (χ0) is 17.6. The molecular weight excluding hydrogens is 329 g/mol. The molecule has 7 nitrogen and oxygen atoms in total. The summed E-state index contributed by atoms with van der Waals surface area (Å²) in [6.45, 7) is 1.20. The van der Waals surface area contributed by atoms with E-state index in [0.29, 0.717) is 16.7 Å². The zero-order valence-corrected chi connectivity index (χ0v) is 13.0. The molecule has 0 bridgehead atoms. The molecule has 1 atom stereocenters. The molecule has 1 aliphatic heterocycles. The number of carboxylic acid groups (broad SMARTS) is 1. The summed E-state index contributed by atoms with van der Waals surface area (Å²) in [5.41, 5.74) is 0.979. The van der Waals surface area contributed by atoms with Crippen LogP contribution in [0.4, 0.5) is 18.9 Å². The molecule has 0 saturated carbocycles. The molecule has 10 heteroatoms. The largest absolute Gasteiger partial charge is 0.478 e. The molecule has 2 aromatic rings. The van der Waals surface area contributed by atoms with Crippen molar-refractivity contribution in [1.82, 2.24) is 14.8 Å². The summed E-state index contributed by atoms with van der Waals surface area (Å²) in [5, 5.41) is 14.1. The van der Waals surface area contributed by atoms with E-state index in [1.54, 1.807) is 14.0 Å². The minimum absolute atomic E-state index is 0.146. The predicted octanol–water partition coefficient (Wildman–Crippen LogP) is 1.74. The molecule has 130 valence electrons. The van der Waals surface area contributed by atoms with Crippen LogP contribution in [0.25, 0.3) is 11.0 Å². The summed E-state index contributed by atoms with van der Waals surface area (Å²) in [6, 6.07) is 0. The predicted molar refractivity (Wildman–Crippen MR) is 78.2 cm³/mol. The molecule has 1 N–H and O–H groups in total. The highest BCUT2D eigenvalue weighted by Crippen LogP contribution is 2.35. The Bertz CT molecular complexity index is 803. The van der Waals surface area contributed by atoms with Gasteiger partial charge in [0.25, 0.3) is 0 Å². The molecule has 1 saturated heterocycles. The number of carboxylic acids is 1. The van der Waals surface area contributed by atoms with E-state index in [1.165, 1.54) is 9.58 Å². The van der Waals surface area contributed by atoms with Gasteiger partial charge in [0.05, 0.1) is 29.9 Å². The van der Waals surface area contributed by atoms with E-state index in [-0.39, 0.29) is 24.4 Å². The highest BCUT2D eigenvalue weighted by atomic mass is 19.4. The van der Waals surface area contributed by atoms with Crippen LogP contribution in [0.2, 0.25) is 0 Å². The molecule has 0 spiro atoms. The lowest BCUT2D eigenvalue weighted by atomic mass is 10.1. The van der Waals surface area contributed by atoms with E-state index in [9.17, 15) is 23.1 Å². The summed E-state index contributed by atoms with van der Waals surface area (Å²) < 4.78 is 45.2. The van der Waals surface area contributed by atoms with Crippen LogP contribution in [0, 0.1) is 6.92 Å². The number of pyridine rings is 1. The average molecular weight is 344 g/mol. The number of aromatic nitrogens is 3. The van der Waals surface area contributed by atoms with Gasteiger partial charge in [-0.25, -0.2) is 9.78 Å². The van der Waals surface area contributed by atoms with Crippen LogP contribution in [0.3, 0.4) is 0 Å². The van der Waals surface area contributed by atoms with Gasteiger partial charge in [0.2, 0.25) is 0 Å². The normalized spacial score (nSPS) is 19.0. The van der Waals surface area contributed by atoms with Crippen molar-refractivity contribution in [3.8, 4) is 0 Å². The Morgan fingerprint density at radius 1 is 1.46 bits per heavy atom. The van der Waals surface area contributed by atoms with Crippen LogP contribution in [0.15, 0.2) is 6.20 Å². The highest BCUT2D eigenvalue weighted by Gasteiger charge is 2.44. The summed E-state index contributed by atoms with van der Waals surface area (Å²) >= 11 is 0. The lowest BCUT2D eigenvalue weighted by Gasteiger charge is -2.36. The van der Waals surface area contributed by atoms with Crippen molar-refractivity contribution in [1.29, 1.82) is 0 Å². The maximum atomic E-state index is 13.0. The van der Waals surface area contributed by atoms with Crippen LogP contribution in [0.5, 0.6) is 0 Å². The number of aryl methyl sites for hydroxylation is 2. The minimum atomic E-state index is -4.52. The molecule has 0 amide bonds. The summed E-state index contributed by atoms with van der Waals surface area (Å²) in [5.74, 6) is -1.25. The van der Waals surface area contributed by atoms with E-state index >= 15 is 0 Å². The number of halogens is 3. The molecule has 0 unspecified atom stereocenters. The van der Waals surface area contributed by atoms with E-state index < -0.39 is 24.8 Å². The summed E-state index contributed by atoms with van der Waals surface area (Å²) in [7, 11) is 1.64. The van der Waals surface area contributed by atoms with Crippen LogP contribution >= 0.6 is 0 Å². The topological polar surface area (TPSA) is 80.5 Å². The number of nitrogens with zero attached hydrogens (tertiary/aromatic N) is 4. The van der Waals surface area contributed by atoms with E-state index in [1.807, 2.05) is 0 Å². The lowest BCUT2D eigenvalue weighted by molar-refractivity contribution is -0.221. The van der Waals surface area contributed by atoms with Crippen molar-refractivity contribution in [3.63, 3.8) is 0 Å². The maximum Gasteiger partial charge on any atom is 0.416 e. The Hall–Kier alpha value is -2.36. The number of alkyl halides is 3. The number of fused-ring (bicyclic) bond motifs is 1. The third-order valence-electron chi connectivity index (χ3n) is 3.98. The van der Waals surface area contributed by atoms with Crippen molar-refractivity contribution in [2.75, 3.05) is 24.6 Å². The fourth-order valence-corrected chi connectivity index (χ4v) is 2.93. The van der Waals surface area contributed by atoms with Crippen LogP contribution in [0.1, 0.15) is 16.1 Å². The molecule has 3 heterocycles. The zero-order valence-electron chi connectivity index (χ0n) is 13.0. The van der Waals surface area contributed by atoms with Gasteiger partial charge in [0.1, 0.15) is 5.56 Å². The number of carbonyl (C=O) groups is 1.